The van der Waals surface area contributed by atoms with Gasteiger partial charge in [0.25, 0.3) is 10.0 Å². The molecule has 8 heteroatoms. The van der Waals surface area contributed by atoms with E-state index in [0.29, 0.717) is 19.4 Å². The first-order valence-corrected chi connectivity index (χ1v) is 7.78. The highest BCUT2D eigenvalue weighted by molar-refractivity contribution is 7.89. The molecular formula is C12H18N2O5S. The highest BCUT2D eigenvalue weighted by Crippen LogP contribution is 2.28. The summed E-state index contributed by atoms with van der Waals surface area (Å²) in [6, 6.07) is 2.86. The molecule has 0 spiro atoms. The molecule has 7 nitrogen and oxygen atoms in total. The number of amides is 1. The first kappa shape index (κ1) is 15.0. The van der Waals surface area contributed by atoms with Crippen molar-refractivity contribution in [3.05, 3.63) is 18.4 Å². The van der Waals surface area contributed by atoms with Crippen LogP contribution in [0.1, 0.15) is 19.3 Å². The maximum atomic E-state index is 12.3. The van der Waals surface area contributed by atoms with Gasteiger partial charge in [-0.25, -0.2) is 8.42 Å². The van der Waals surface area contributed by atoms with Gasteiger partial charge in [-0.1, -0.05) is 0 Å². The summed E-state index contributed by atoms with van der Waals surface area (Å²) in [6.07, 6.45) is 2.05. The molecule has 2 rings (SSSR count). The van der Waals surface area contributed by atoms with E-state index in [0.717, 1.165) is 4.31 Å². The van der Waals surface area contributed by atoms with E-state index in [1.807, 2.05) is 0 Å². The largest absolute Gasteiger partial charge is 0.452 e. The van der Waals surface area contributed by atoms with Crippen LogP contribution in [0.25, 0.3) is 0 Å². The molecule has 2 heterocycles. The van der Waals surface area contributed by atoms with Crippen LogP contribution in [0.15, 0.2) is 27.9 Å². The Balaban J connectivity index is 2.17. The van der Waals surface area contributed by atoms with Crippen molar-refractivity contribution in [3.63, 3.8) is 0 Å². The predicted octanol–water partition coefficient (Wildman–Crippen LogP) is -0.0687. The molecule has 1 unspecified atom stereocenters. The van der Waals surface area contributed by atoms with Crippen molar-refractivity contribution in [3.8, 4) is 0 Å². The standard InChI is InChI=1S/C12H18N2O5S/c1-13-10(15)8-12(16)5-3-6-14(9-12)20(17,18)11-4-2-7-19-11/h2,4,7,16H,3,5-6,8-9H2,1H3,(H,13,15). The molecule has 20 heavy (non-hydrogen) atoms. The van der Waals surface area contributed by atoms with E-state index in [1.54, 1.807) is 0 Å². The molecule has 1 atom stereocenters. The average Bonchev–Trinajstić information content (AvgIpc) is 2.92. The van der Waals surface area contributed by atoms with E-state index < -0.39 is 15.6 Å². The van der Waals surface area contributed by atoms with E-state index in [-0.39, 0.29) is 24.0 Å². The van der Waals surface area contributed by atoms with Crippen LogP contribution < -0.4 is 5.32 Å². The molecule has 0 aliphatic carbocycles. The number of hydrogen-bond acceptors (Lipinski definition) is 5. The number of sulfonamides is 1. The number of carbonyl (C=O) groups is 1. The van der Waals surface area contributed by atoms with Gasteiger partial charge in [-0.3, -0.25) is 4.79 Å². The van der Waals surface area contributed by atoms with Gasteiger partial charge < -0.3 is 14.8 Å². The molecule has 0 radical (unpaired) electrons. The zero-order chi connectivity index (χ0) is 14.8. The lowest BCUT2D eigenvalue weighted by Gasteiger charge is -2.37. The van der Waals surface area contributed by atoms with Crippen LogP contribution in [-0.4, -0.2) is 49.5 Å². The van der Waals surface area contributed by atoms with Crippen LogP contribution in [0.2, 0.25) is 0 Å². The number of piperidine rings is 1. The summed E-state index contributed by atoms with van der Waals surface area (Å²) in [4.78, 5) is 11.4. The molecule has 1 aliphatic rings. The Morgan fingerprint density at radius 1 is 1.60 bits per heavy atom. The van der Waals surface area contributed by atoms with Gasteiger partial charge in [0.05, 0.1) is 18.3 Å². The monoisotopic (exact) mass is 302 g/mol. The minimum Gasteiger partial charge on any atom is -0.452 e. The van der Waals surface area contributed by atoms with Crippen molar-refractivity contribution in [2.24, 2.45) is 0 Å². The van der Waals surface area contributed by atoms with Crippen molar-refractivity contribution < 1.29 is 22.7 Å². The summed E-state index contributed by atoms with van der Waals surface area (Å²) in [6.45, 7) is 0.197. The average molecular weight is 302 g/mol. The van der Waals surface area contributed by atoms with Crippen LogP contribution >= 0.6 is 0 Å². The Hall–Kier alpha value is -1.38. The summed E-state index contributed by atoms with van der Waals surface area (Å²) in [5, 5.41) is 12.7. The maximum absolute atomic E-state index is 12.3. The van der Waals surface area contributed by atoms with Gasteiger partial charge in [0.2, 0.25) is 11.0 Å². The second-order valence-corrected chi connectivity index (χ2v) is 6.82. The predicted molar refractivity (Wildman–Crippen MR) is 70.3 cm³/mol. The molecule has 0 saturated carbocycles. The molecule has 0 aromatic carbocycles. The molecule has 1 aliphatic heterocycles. The van der Waals surface area contributed by atoms with E-state index in [1.165, 1.54) is 25.4 Å². The quantitative estimate of drug-likeness (QED) is 0.811. The number of carbonyl (C=O) groups excluding carboxylic acids is 1. The van der Waals surface area contributed by atoms with Gasteiger partial charge in [0.1, 0.15) is 0 Å². The van der Waals surface area contributed by atoms with Gasteiger partial charge >= 0.3 is 0 Å². The Kier molecular flexibility index (Phi) is 4.17. The minimum atomic E-state index is -3.76. The third-order valence-corrected chi connectivity index (χ3v) is 5.11. The summed E-state index contributed by atoms with van der Waals surface area (Å²) in [5.41, 5.74) is -1.34. The van der Waals surface area contributed by atoms with Crippen LogP contribution in [-0.2, 0) is 14.8 Å². The summed E-state index contributed by atoms with van der Waals surface area (Å²) in [5.74, 6) is -0.315. The van der Waals surface area contributed by atoms with Crippen LogP contribution in [0.5, 0.6) is 0 Å². The number of nitrogens with one attached hydrogen (secondary N) is 1. The lowest BCUT2D eigenvalue weighted by Crippen LogP contribution is -2.51. The molecule has 0 bridgehead atoms. The highest BCUT2D eigenvalue weighted by Gasteiger charge is 2.40. The van der Waals surface area contributed by atoms with Crippen LogP contribution in [0, 0.1) is 0 Å². The zero-order valence-electron chi connectivity index (χ0n) is 11.2. The highest BCUT2D eigenvalue weighted by atomic mass is 32.2. The smallest absolute Gasteiger partial charge is 0.276 e. The van der Waals surface area contributed by atoms with E-state index >= 15 is 0 Å². The normalized spacial score (nSPS) is 24.5. The second-order valence-electron chi connectivity index (χ2n) is 4.95. The fourth-order valence-corrected chi connectivity index (χ4v) is 3.81. The first-order valence-electron chi connectivity index (χ1n) is 6.34. The van der Waals surface area contributed by atoms with E-state index in [2.05, 4.69) is 5.32 Å². The minimum absolute atomic E-state index is 0.108. The lowest BCUT2D eigenvalue weighted by atomic mass is 9.90. The number of furan rings is 1. The van der Waals surface area contributed by atoms with Crippen molar-refractivity contribution in [2.75, 3.05) is 20.1 Å². The molecule has 1 aromatic rings. The number of rotatable bonds is 4. The van der Waals surface area contributed by atoms with Crippen molar-refractivity contribution in [1.82, 2.24) is 9.62 Å². The fraction of sp³-hybridized carbons (Fsp3) is 0.583. The molecule has 2 N–H and O–H groups in total. The zero-order valence-corrected chi connectivity index (χ0v) is 12.0. The molecule has 1 aromatic heterocycles. The van der Waals surface area contributed by atoms with Gasteiger partial charge in [-0.2, -0.15) is 4.31 Å². The van der Waals surface area contributed by atoms with Crippen LogP contribution in [0.3, 0.4) is 0 Å². The Morgan fingerprint density at radius 2 is 2.35 bits per heavy atom. The fourth-order valence-electron chi connectivity index (χ4n) is 2.35. The summed E-state index contributed by atoms with van der Waals surface area (Å²) >= 11 is 0. The third-order valence-electron chi connectivity index (χ3n) is 3.38. The molecule has 1 fully saturated rings. The molecular weight excluding hydrogens is 284 g/mol. The third kappa shape index (κ3) is 3.02. The van der Waals surface area contributed by atoms with Crippen molar-refractivity contribution in [1.29, 1.82) is 0 Å². The number of nitrogens with zero attached hydrogens (tertiary/aromatic N) is 1. The number of hydrogen-bond donors (Lipinski definition) is 2. The van der Waals surface area contributed by atoms with Crippen molar-refractivity contribution in [2.45, 2.75) is 30.0 Å². The van der Waals surface area contributed by atoms with Gasteiger partial charge in [0.15, 0.2) is 0 Å². The van der Waals surface area contributed by atoms with Crippen LogP contribution in [0.4, 0.5) is 0 Å². The first-order chi connectivity index (χ1) is 9.37. The lowest BCUT2D eigenvalue weighted by molar-refractivity contribution is -0.127. The Morgan fingerprint density at radius 3 is 2.95 bits per heavy atom. The summed E-state index contributed by atoms with van der Waals surface area (Å²) in [7, 11) is -2.28. The Labute approximate surface area is 117 Å². The summed E-state index contributed by atoms with van der Waals surface area (Å²) < 4.78 is 30.7. The number of aliphatic hydroxyl groups is 1. The number of β-amino-alcohol motifs (C(OH)–C–C–N with tert-alkyl or cyclic N) is 1. The molecule has 112 valence electrons. The topological polar surface area (TPSA) is 99.9 Å². The van der Waals surface area contributed by atoms with Gasteiger partial charge in [-0.15, -0.1) is 0 Å². The SMILES string of the molecule is CNC(=O)CC1(O)CCCN(S(=O)(=O)c2ccco2)C1. The van der Waals surface area contributed by atoms with Gasteiger partial charge in [0, 0.05) is 20.1 Å². The maximum Gasteiger partial charge on any atom is 0.276 e. The van der Waals surface area contributed by atoms with E-state index in [4.69, 9.17) is 4.42 Å². The van der Waals surface area contributed by atoms with Crippen molar-refractivity contribution >= 4 is 15.9 Å². The molecule has 1 saturated heterocycles. The Bertz CT molecular complexity index is 569. The van der Waals surface area contributed by atoms with Gasteiger partial charge in [-0.05, 0) is 25.0 Å². The second kappa shape index (κ2) is 5.55. The van der Waals surface area contributed by atoms with E-state index in [9.17, 15) is 18.3 Å². The molecule has 1 amide bonds.